The Labute approximate surface area is 170 Å². The van der Waals surface area contributed by atoms with Crippen LogP contribution in [0.25, 0.3) is 17.1 Å². The smallest absolute Gasteiger partial charge is 0.282 e. The highest BCUT2D eigenvalue weighted by Gasteiger charge is 2.33. The van der Waals surface area contributed by atoms with Gasteiger partial charge in [-0.05, 0) is 53.2 Å². The van der Waals surface area contributed by atoms with Gasteiger partial charge in [0.1, 0.15) is 5.52 Å². The minimum Gasteiger partial charge on any atom is -0.282 e. The quantitative estimate of drug-likeness (QED) is 0.610. The van der Waals surface area contributed by atoms with Crippen LogP contribution in [-0.2, 0) is 17.5 Å². The third kappa shape index (κ3) is 3.99. The number of hydrogen-bond acceptors (Lipinski definition) is 5. The third-order valence-corrected chi connectivity index (χ3v) is 5.22. The summed E-state index contributed by atoms with van der Waals surface area (Å²) in [5, 5.41) is 9.65. The van der Waals surface area contributed by atoms with E-state index >= 15 is 0 Å². The lowest BCUT2D eigenvalue weighted by Crippen LogP contribution is -2.17. The number of alkyl halides is 3. The number of aromatic nitrogens is 3. The Morgan fingerprint density at radius 3 is 2.66 bits per heavy atom. The van der Waals surface area contributed by atoms with Crippen LogP contribution in [0.3, 0.4) is 0 Å². The summed E-state index contributed by atoms with van der Waals surface area (Å²) in [5.41, 5.74) is 0.757. The first-order chi connectivity index (χ1) is 13.7. The Morgan fingerprint density at radius 2 is 1.97 bits per heavy atom. The van der Waals surface area contributed by atoms with Gasteiger partial charge in [0.05, 0.1) is 22.5 Å². The van der Waals surface area contributed by atoms with E-state index in [1.165, 1.54) is 22.9 Å². The number of carbonyl (C=O) groups is 2. The molecule has 1 aliphatic rings. The zero-order valence-corrected chi connectivity index (χ0v) is 15.9. The highest BCUT2D eigenvalue weighted by atomic mass is 35.5. The van der Waals surface area contributed by atoms with Gasteiger partial charge in [-0.15, -0.1) is 5.10 Å². The average Bonchev–Trinajstić information content (AvgIpc) is 3.18. The molecular formula is C18H10ClF3N4O2S. The van der Waals surface area contributed by atoms with Gasteiger partial charge in [0.15, 0.2) is 0 Å². The fraction of sp³-hybridized carbons (Fsp3) is 0.111. The molecular weight excluding hydrogens is 429 g/mol. The Balaban J connectivity index is 1.67. The number of nitrogens with zero attached hydrogens (tertiary/aromatic N) is 3. The van der Waals surface area contributed by atoms with Crippen molar-refractivity contribution in [2.24, 2.45) is 0 Å². The predicted molar refractivity (Wildman–Crippen MR) is 102 cm³/mol. The largest absolute Gasteiger partial charge is 0.416 e. The maximum Gasteiger partial charge on any atom is 0.416 e. The number of thioether (sulfide) groups is 1. The van der Waals surface area contributed by atoms with E-state index in [9.17, 15) is 22.8 Å². The van der Waals surface area contributed by atoms with Crippen molar-refractivity contribution in [2.45, 2.75) is 12.7 Å². The monoisotopic (exact) mass is 438 g/mol. The zero-order chi connectivity index (χ0) is 20.8. The molecule has 0 unspecified atom stereocenters. The Bertz CT molecular complexity index is 1190. The number of fused-ring (bicyclic) bond motifs is 1. The summed E-state index contributed by atoms with van der Waals surface area (Å²) in [6.07, 6.45) is -3.02. The van der Waals surface area contributed by atoms with Crippen molar-refractivity contribution < 1.29 is 22.8 Å². The SMILES string of the molecule is O=C1NC(=O)/C(=C/c2ccc3c(c2)nnn3Cc2ccc(Cl)cc2C(F)(F)F)S1. The van der Waals surface area contributed by atoms with Crippen LogP contribution >= 0.6 is 23.4 Å². The van der Waals surface area contributed by atoms with Crippen LogP contribution in [0.4, 0.5) is 18.0 Å². The van der Waals surface area contributed by atoms with Crippen molar-refractivity contribution in [1.82, 2.24) is 20.3 Å². The Morgan fingerprint density at radius 1 is 1.17 bits per heavy atom. The van der Waals surface area contributed by atoms with Gasteiger partial charge in [-0.3, -0.25) is 14.9 Å². The first-order valence-electron chi connectivity index (χ1n) is 8.14. The van der Waals surface area contributed by atoms with E-state index in [4.69, 9.17) is 11.6 Å². The van der Waals surface area contributed by atoms with E-state index in [0.717, 1.165) is 17.8 Å². The minimum absolute atomic E-state index is 0.00509. The molecule has 4 rings (SSSR count). The second-order valence-electron chi connectivity index (χ2n) is 6.15. The number of imide groups is 1. The van der Waals surface area contributed by atoms with Gasteiger partial charge in [0.25, 0.3) is 11.1 Å². The third-order valence-electron chi connectivity index (χ3n) is 4.18. The number of amides is 2. The molecule has 29 heavy (non-hydrogen) atoms. The summed E-state index contributed by atoms with van der Waals surface area (Å²) in [7, 11) is 0. The minimum atomic E-state index is -4.55. The van der Waals surface area contributed by atoms with E-state index in [1.807, 2.05) is 0 Å². The van der Waals surface area contributed by atoms with Crippen LogP contribution in [0.15, 0.2) is 41.3 Å². The first-order valence-corrected chi connectivity index (χ1v) is 9.34. The van der Waals surface area contributed by atoms with Crippen molar-refractivity contribution in [1.29, 1.82) is 0 Å². The lowest BCUT2D eigenvalue weighted by molar-refractivity contribution is -0.138. The molecule has 11 heteroatoms. The molecule has 0 atom stereocenters. The summed E-state index contributed by atoms with van der Waals surface area (Å²) in [4.78, 5) is 23.1. The molecule has 2 amide bonds. The standard InChI is InChI=1S/C18H10ClF3N4O2S/c19-11-3-2-10(12(7-11)18(20,21)22)8-26-14-4-1-9(5-13(14)24-25-26)6-15-16(27)23-17(28)29-15/h1-7H,8H2,(H,23,27,28)/b15-6-. The van der Waals surface area contributed by atoms with Crippen LogP contribution < -0.4 is 5.32 Å². The maximum atomic E-state index is 13.3. The number of rotatable bonds is 3. The molecule has 2 aromatic carbocycles. The second kappa shape index (κ2) is 7.20. The van der Waals surface area contributed by atoms with E-state index in [0.29, 0.717) is 16.6 Å². The van der Waals surface area contributed by atoms with Gasteiger partial charge < -0.3 is 0 Å². The zero-order valence-electron chi connectivity index (χ0n) is 14.3. The Kier molecular flexibility index (Phi) is 4.83. The van der Waals surface area contributed by atoms with Crippen LogP contribution in [0.2, 0.25) is 5.02 Å². The van der Waals surface area contributed by atoms with Crippen molar-refractivity contribution in [3.8, 4) is 0 Å². The molecule has 1 aliphatic heterocycles. The summed E-state index contributed by atoms with van der Waals surface area (Å²) in [5.74, 6) is -0.480. The lowest BCUT2D eigenvalue weighted by atomic mass is 10.1. The van der Waals surface area contributed by atoms with Crippen LogP contribution in [0.5, 0.6) is 0 Å². The fourth-order valence-corrected chi connectivity index (χ4v) is 3.73. The first kappa shape index (κ1) is 19.5. The molecule has 0 radical (unpaired) electrons. The molecule has 1 N–H and O–H groups in total. The lowest BCUT2D eigenvalue weighted by Gasteiger charge is -2.13. The van der Waals surface area contributed by atoms with Gasteiger partial charge >= 0.3 is 6.18 Å². The molecule has 1 saturated heterocycles. The molecule has 148 valence electrons. The molecule has 0 aliphatic carbocycles. The van der Waals surface area contributed by atoms with Gasteiger partial charge in [0, 0.05) is 5.02 Å². The molecule has 3 aromatic rings. The van der Waals surface area contributed by atoms with Crippen molar-refractivity contribution in [2.75, 3.05) is 0 Å². The number of nitrogens with one attached hydrogen (secondary N) is 1. The molecule has 0 spiro atoms. The second-order valence-corrected chi connectivity index (χ2v) is 7.60. The number of hydrogen-bond donors (Lipinski definition) is 1. The van der Waals surface area contributed by atoms with E-state index < -0.39 is 22.9 Å². The van der Waals surface area contributed by atoms with Gasteiger partial charge in [-0.25, -0.2) is 4.68 Å². The van der Waals surface area contributed by atoms with Crippen molar-refractivity contribution in [3.63, 3.8) is 0 Å². The van der Waals surface area contributed by atoms with Crippen LogP contribution in [0, 0.1) is 0 Å². The van der Waals surface area contributed by atoms with Crippen molar-refractivity contribution >= 4 is 51.6 Å². The fourth-order valence-electron chi connectivity index (χ4n) is 2.88. The molecule has 0 bridgehead atoms. The summed E-state index contributed by atoms with van der Waals surface area (Å²) < 4.78 is 41.3. The average molecular weight is 439 g/mol. The number of benzene rings is 2. The number of carbonyl (C=O) groups excluding carboxylic acids is 2. The van der Waals surface area contributed by atoms with Gasteiger partial charge in [-0.2, -0.15) is 13.2 Å². The summed E-state index contributed by atoms with van der Waals surface area (Å²) in [6, 6.07) is 8.52. The molecule has 0 saturated carbocycles. The van der Waals surface area contributed by atoms with Gasteiger partial charge in [0.2, 0.25) is 0 Å². The van der Waals surface area contributed by atoms with E-state index in [1.54, 1.807) is 18.2 Å². The molecule has 1 fully saturated rings. The van der Waals surface area contributed by atoms with Crippen LogP contribution in [-0.4, -0.2) is 26.1 Å². The normalized spacial score (nSPS) is 16.1. The Hall–Kier alpha value is -2.85. The summed E-state index contributed by atoms with van der Waals surface area (Å²) >= 11 is 6.50. The highest BCUT2D eigenvalue weighted by Crippen LogP contribution is 2.34. The molecule has 6 nitrogen and oxygen atoms in total. The van der Waals surface area contributed by atoms with Crippen LogP contribution in [0.1, 0.15) is 16.7 Å². The van der Waals surface area contributed by atoms with Gasteiger partial charge in [-0.1, -0.05) is 28.9 Å². The van der Waals surface area contributed by atoms with Crippen molar-refractivity contribution in [3.05, 3.63) is 63.0 Å². The topological polar surface area (TPSA) is 76.9 Å². The highest BCUT2D eigenvalue weighted by molar-refractivity contribution is 8.18. The van der Waals surface area contributed by atoms with E-state index in [2.05, 4.69) is 15.6 Å². The molecule has 2 heterocycles. The molecule has 1 aromatic heterocycles. The maximum absolute atomic E-state index is 13.3. The number of halogens is 4. The predicted octanol–water partition coefficient (Wildman–Crippen LogP) is 4.48. The summed E-state index contributed by atoms with van der Waals surface area (Å²) in [6.45, 7) is -0.143. The van der Waals surface area contributed by atoms with E-state index in [-0.39, 0.29) is 22.0 Å².